The summed E-state index contributed by atoms with van der Waals surface area (Å²) in [5, 5.41) is 31.7. The molecule has 8 heteroatoms. The van der Waals surface area contributed by atoms with Crippen molar-refractivity contribution in [2.75, 3.05) is 6.61 Å². The second kappa shape index (κ2) is 8.41. The van der Waals surface area contributed by atoms with E-state index in [4.69, 9.17) is 9.84 Å². The van der Waals surface area contributed by atoms with Gasteiger partial charge in [-0.1, -0.05) is 32.4 Å². The summed E-state index contributed by atoms with van der Waals surface area (Å²) < 4.78 is 4.98. The molecule has 3 fully saturated rings. The van der Waals surface area contributed by atoms with Crippen molar-refractivity contribution in [3.8, 4) is 0 Å². The van der Waals surface area contributed by atoms with Crippen LogP contribution in [0.25, 0.3) is 0 Å². The Morgan fingerprint density at radius 2 is 1.91 bits per heavy atom. The van der Waals surface area contributed by atoms with Gasteiger partial charge in [0.05, 0.1) is 18.9 Å². The average Bonchev–Trinajstić information content (AvgIpc) is 3.03. The van der Waals surface area contributed by atoms with Crippen LogP contribution in [-0.2, 0) is 23.9 Å². The molecule has 4 rings (SSSR count). The number of fused-ring (bicyclic) bond motifs is 5. The number of allylic oxidation sites excluding steroid dienone is 4. The van der Waals surface area contributed by atoms with Crippen LogP contribution in [0.5, 0.6) is 0 Å². The van der Waals surface area contributed by atoms with Gasteiger partial charge in [-0.2, -0.15) is 0 Å². The molecule has 0 aliphatic heterocycles. The van der Waals surface area contributed by atoms with Gasteiger partial charge in [-0.05, 0) is 55.6 Å². The molecule has 0 aromatic carbocycles. The summed E-state index contributed by atoms with van der Waals surface area (Å²) in [5.41, 5.74) is -2.04. The first-order valence-electron chi connectivity index (χ1n) is 12.1. The van der Waals surface area contributed by atoms with Crippen molar-refractivity contribution in [3.05, 3.63) is 23.8 Å². The van der Waals surface area contributed by atoms with Crippen LogP contribution in [0, 0.1) is 34.5 Å². The van der Waals surface area contributed by atoms with E-state index < -0.39 is 46.9 Å². The van der Waals surface area contributed by atoms with E-state index in [2.05, 4.69) is 13.8 Å². The number of aliphatic hydroxyl groups excluding tert-OH is 1. The summed E-state index contributed by atoms with van der Waals surface area (Å²) in [4.78, 5) is 47.7. The Balaban J connectivity index is 1.56. The van der Waals surface area contributed by atoms with E-state index >= 15 is 0 Å². The van der Waals surface area contributed by atoms with Crippen molar-refractivity contribution >= 4 is 23.5 Å². The molecule has 0 bridgehead atoms. The quantitative estimate of drug-likeness (QED) is 0.498. The lowest BCUT2D eigenvalue weighted by Gasteiger charge is -2.60. The molecule has 0 aromatic rings. The highest BCUT2D eigenvalue weighted by atomic mass is 16.5. The van der Waals surface area contributed by atoms with Crippen LogP contribution in [0.15, 0.2) is 23.8 Å². The lowest BCUT2D eigenvalue weighted by molar-refractivity contribution is -0.182. The molecule has 0 saturated heterocycles. The molecule has 8 atom stereocenters. The second-order valence-electron chi connectivity index (χ2n) is 11.1. The van der Waals surface area contributed by atoms with Crippen molar-refractivity contribution in [2.45, 2.75) is 71.0 Å². The molecule has 8 nitrogen and oxygen atoms in total. The summed E-state index contributed by atoms with van der Waals surface area (Å²) >= 11 is 0. The highest BCUT2D eigenvalue weighted by molar-refractivity contribution is 6.01. The maximum atomic E-state index is 13.1. The Hall–Kier alpha value is -2.32. The predicted molar refractivity (Wildman–Crippen MR) is 120 cm³/mol. The van der Waals surface area contributed by atoms with Gasteiger partial charge in [0.15, 0.2) is 12.4 Å². The number of ketones is 2. The fourth-order valence-corrected chi connectivity index (χ4v) is 7.76. The van der Waals surface area contributed by atoms with Crippen molar-refractivity contribution in [2.24, 2.45) is 34.5 Å². The van der Waals surface area contributed by atoms with Crippen LogP contribution < -0.4 is 0 Å². The molecule has 186 valence electrons. The summed E-state index contributed by atoms with van der Waals surface area (Å²) in [7, 11) is 0. The van der Waals surface area contributed by atoms with E-state index in [1.807, 2.05) is 13.0 Å². The number of aliphatic carboxylic acids is 1. The molecule has 3 saturated carbocycles. The Morgan fingerprint density at radius 3 is 2.59 bits per heavy atom. The van der Waals surface area contributed by atoms with Crippen LogP contribution >= 0.6 is 0 Å². The first kappa shape index (κ1) is 24.8. The molecule has 34 heavy (non-hydrogen) atoms. The standard InChI is InChI=1S/C26H34O8/c1-14-10-16-17-7-9-26(33,20(29)13-34-22(32)5-4-21(30)31)25(17,3)12-19(28)23(16)24(2)8-6-15(27)11-18(14)24/h6,8,11,14,16-17,19,23,28,33H,4-5,7,9-10,12-13H2,1-3H3,(H,30,31)/t14-,16-,17-,19-,23+,24+,25-,26-/m0/s1. The van der Waals surface area contributed by atoms with Gasteiger partial charge in [-0.15, -0.1) is 0 Å². The zero-order valence-corrected chi connectivity index (χ0v) is 20.0. The van der Waals surface area contributed by atoms with Crippen LogP contribution in [-0.4, -0.2) is 57.1 Å². The molecule has 0 radical (unpaired) electrons. The second-order valence-corrected chi connectivity index (χ2v) is 11.1. The van der Waals surface area contributed by atoms with Crippen LogP contribution in [0.3, 0.4) is 0 Å². The molecular weight excluding hydrogens is 440 g/mol. The van der Waals surface area contributed by atoms with Gasteiger partial charge in [0.25, 0.3) is 0 Å². The number of aliphatic hydroxyl groups is 2. The van der Waals surface area contributed by atoms with E-state index in [9.17, 15) is 29.4 Å². The third-order valence-electron chi connectivity index (χ3n) is 9.34. The fraction of sp³-hybridized carbons (Fsp3) is 0.692. The maximum Gasteiger partial charge on any atom is 0.306 e. The minimum absolute atomic E-state index is 0.00980. The molecule has 3 N–H and O–H groups in total. The van der Waals surface area contributed by atoms with Gasteiger partial charge in [0, 0.05) is 16.7 Å². The maximum absolute atomic E-state index is 13.1. The SMILES string of the molecule is C[C@H]1C[C@@H]2[C@H]([C@@H](O)C[C@@]3(C)[C@H]2CC[C@]3(O)C(=O)COC(=O)CCC(=O)O)[C@]2(C)C=CC(=O)C=C12. The number of carboxylic acid groups (broad SMARTS) is 1. The molecule has 4 aliphatic rings. The number of ether oxygens (including phenoxy) is 1. The third-order valence-corrected chi connectivity index (χ3v) is 9.34. The lowest BCUT2D eigenvalue weighted by atomic mass is 9.45. The number of esters is 1. The normalized spacial score (nSPS) is 42.8. The van der Waals surface area contributed by atoms with Crippen molar-refractivity contribution in [3.63, 3.8) is 0 Å². The Labute approximate surface area is 199 Å². The molecular formula is C26H34O8. The van der Waals surface area contributed by atoms with Crippen molar-refractivity contribution in [1.82, 2.24) is 0 Å². The molecule has 0 heterocycles. The summed E-state index contributed by atoms with van der Waals surface area (Å²) in [6.07, 6.45) is 5.52. The van der Waals surface area contributed by atoms with Crippen molar-refractivity contribution < 1.29 is 39.2 Å². The van der Waals surface area contributed by atoms with E-state index in [0.29, 0.717) is 6.42 Å². The summed E-state index contributed by atoms with van der Waals surface area (Å²) in [6, 6.07) is 0. The van der Waals surface area contributed by atoms with Gasteiger partial charge in [0.1, 0.15) is 5.60 Å². The highest BCUT2D eigenvalue weighted by Crippen LogP contribution is 2.67. The number of carboxylic acids is 1. The molecule has 4 aliphatic carbocycles. The van der Waals surface area contributed by atoms with Crippen LogP contribution in [0.4, 0.5) is 0 Å². The van der Waals surface area contributed by atoms with E-state index in [1.54, 1.807) is 12.2 Å². The number of rotatable bonds is 6. The van der Waals surface area contributed by atoms with E-state index in [-0.39, 0.29) is 55.1 Å². The Kier molecular flexibility index (Phi) is 6.13. The minimum Gasteiger partial charge on any atom is -0.481 e. The fourth-order valence-electron chi connectivity index (χ4n) is 7.76. The van der Waals surface area contributed by atoms with Gasteiger partial charge in [-0.3, -0.25) is 19.2 Å². The Bertz CT molecular complexity index is 981. The number of carbonyl (C=O) groups excluding carboxylic acids is 3. The van der Waals surface area contributed by atoms with E-state index in [1.165, 1.54) is 0 Å². The molecule has 0 amide bonds. The highest BCUT2D eigenvalue weighted by Gasteiger charge is 2.68. The van der Waals surface area contributed by atoms with E-state index in [0.717, 1.165) is 12.0 Å². The van der Waals surface area contributed by atoms with Crippen LogP contribution in [0.1, 0.15) is 59.3 Å². The molecule has 0 unspecified atom stereocenters. The smallest absolute Gasteiger partial charge is 0.306 e. The Morgan fingerprint density at radius 1 is 1.21 bits per heavy atom. The summed E-state index contributed by atoms with van der Waals surface area (Å²) in [5.74, 6) is -2.51. The largest absolute Gasteiger partial charge is 0.481 e. The number of hydrogen-bond donors (Lipinski definition) is 3. The number of hydrogen-bond acceptors (Lipinski definition) is 7. The zero-order valence-electron chi connectivity index (χ0n) is 20.0. The third kappa shape index (κ3) is 3.66. The monoisotopic (exact) mass is 474 g/mol. The topological polar surface area (TPSA) is 138 Å². The van der Waals surface area contributed by atoms with Gasteiger partial charge < -0.3 is 20.1 Å². The number of Topliss-reactive ketones (excluding diaryl/α,β-unsaturated/α-hetero) is 1. The minimum atomic E-state index is -1.74. The first-order valence-corrected chi connectivity index (χ1v) is 12.1. The molecule has 0 aromatic heterocycles. The van der Waals surface area contributed by atoms with Gasteiger partial charge in [0.2, 0.25) is 5.78 Å². The van der Waals surface area contributed by atoms with Gasteiger partial charge in [-0.25, -0.2) is 0 Å². The zero-order chi connectivity index (χ0) is 25.1. The molecule has 0 spiro atoms. The number of carbonyl (C=O) groups is 4. The van der Waals surface area contributed by atoms with Crippen molar-refractivity contribution in [1.29, 1.82) is 0 Å². The first-order chi connectivity index (χ1) is 15.8. The average molecular weight is 475 g/mol. The predicted octanol–water partition coefficient (Wildman–Crippen LogP) is 2.22. The lowest BCUT2D eigenvalue weighted by Crippen LogP contribution is -2.62. The summed E-state index contributed by atoms with van der Waals surface area (Å²) in [6.45, 7) is 5.40. The van der Waals surface area contributed by atoms with Crippen LogP contribution in [0.2, 0.25) is 0 Å². The van der Waals surface area contributed by atoms with Gasteiger partial charge >= 0.3 is 11.9 Å².